The largest absolute Gasteiger partial charge is 0.320 e. The van der Waals surface area contributed by atoms with Crippen LogP contribution in [0.1, 0.15) is 31.1 Å². The standard InChI is InChI=1S/C16H25N3O/c1-11-8-6-7-9-14(11)15-17-13(3)16(20)19(15)10-12(2)18(4)5/h6-9,12-13,15,17H,10H2,1-5H3. The number of nitrogens with one attached hydrogen (secondary N) is 1. The normalized spacial score (nSPS) is 24.5. The van der Waals surface area contributed by atoms with Crippen LogP contribution in [-0.4, -0.2) is 48.4 Å². The SMILES string of the molecule is Cc1ccccc1C1NC(C)C(=O)N1CC(C)N(C)C. The summed E-state index contributed by atoms with van der Waals surface area (Å²) in [5.74, 6) is 0.187. The first-order valence-corrected chi connectivity index (χ1v) is 7.20. The van der Waals surface area contributed by atoms with Crippen LogP contribution in [0.25, 0.3) is 0 Å². The van der Waals surface area contributed by atoms with Crippen molar-refractivity contribution in [2.24, 2.45) is 0 Å². The molecule has 0 radical (unpaired) electrons. The molecular weight excluding hydrogens is 250 g/mol. The lowest BCUT2D eigenvalue weighted by Crippen LogP contribution is -2.41. The van der Waals surface area contributed by atoms with Gasteiger partial charge in [0.2, 0.25) is 5.91 Å². The van der Waals surface area contributed by atoms with E-state index in [0.717, 1.165) is 6.54 Å². The average molecular weight is 275 g/mol. The lowest BCUT2D eigenvalue weighted by molar-refractivity contribution is -0.130. The number of rotatable bonds is 4. The van der Waals surface area contributed by atoms with E-state index in [1.165, 1.54) is 11.1 Å². The third-order valence-corrected chi connectivity index (χ3v) is 4.20. The number of carbonyl (C=O) groups excluding carboxylic acids is 1. The molecule has 1 amide bonds. The highest BCUT2D eigenvalue weighted by atomic mass is 16.2. The Bertz CT molecular complexity index is 486. The van der Waals surface area contributed by atoms with Crippen molar-refractivity contribution in [2.45, 2.75) is 39.0 Å². The van der Waals surface area contributed by atoms with Gasteiger partial charge in [0, 0.05) is 12.6 Å². The number of hydrogen-bond donors (Lipinski definition) is 1. The fourth-order valence-electron chi connectivity index (χ4n) is 2.57. The number of benzene rings is 1. The number of aryl methyl sites for hydroxylation is 1. The maximum Gasteiger partial charge on any atom is 0.241 e. The summed E-state index contributed by atoms with van der Waals surface area (Å²) in [6.45, 7) is 6.92. The molecule has 3 atom stereocenters. The van der Waals surface area contributed by atoms with Gasteiger partial charge in [-0.05, 0) is 46.0 Å². The molecule has 1 heterocycles. The zero-order valence-corrected chi connectivity index (χ0v) is 13.1. The molecule has 1 fully saturated rings. The van der Waals surface area contributed by atoms with E-state index >= 15 is 0 Å². The summed E-state index contributed by atoms with van der Waals surface area (Å²) in [6.07, 6.45) is -0.0129. The van der Waals surface area contributed by atoms with Crippen molar-refractivity contribution >= 4 is 5.91 Å². The van der Waals surface area contributed by atoms with E-state index < -0.39 is 0 Å². The molecular formula is C16H25N3O. The van der Waals surface area contributed by atoms with Crippen LogP contribution in [0.15, 0.2) is 24.3 Å². The molecule has 1 aromatic carbocycles. The van der Waals surface area contributed by atoms with Gasteiger partial charge in [0.05, 0.1) is 6.04 Å². The number of hydrogen-bond acceptors (Lipinski definition) is 3. The molecule has 0 spiro atoms. The van der Waals surface area contributed by atoms with Crippen LogP contribution in [0, 0.1) is 6.92 Å². The van der Waals surface area contributed by atoms with Crippen LogP contribution >= 0.6 is 0 Å². The van der Waals surface area contributed by atoms with Gasteiger partial charge in [-0.25, -0.2) is 0 Å². The lowest BCUT2D eigenvalue weighted by atomic mass is 10.1. The molecule has 1 saturated heterocycles. The van der Waals surface area contributed by atoms with Crippen molar-refractivity contribution in [1.82, 2.24) is 15.1 Å². The minimum absolute atomic E-state index is 0.0129. The highest BCUT2D eigenvalue weighted by Gasteiger charge is 2.38. The molecule has 4 heteroatoms. The molecule has 0 aromatic heterocycles. The summed E-state index contributed by atoms with van der Waals surface area (Å²) in [6, 6.07) is 8.48. The molecule has 0 aliphatic carbocycles. The Kier molecular flexibility index (Phi) is 4.45. The van der Waals surface area contributed by atoms with Crippen molar-refractivity contribution in [3.8, 4) is 0 Å². The minimum atomic E-state index is -0.117. The summed E-state index contributed by atoms with van der Waals surface area (Å²) < 4.78 is 0. The molecule has 1 aromatic rings. The van der Waals surface area contributed by atoms with Gasteiger partial charge in [0.15, 0.2) is 0 Å². The summed E-state index contributed by atoms with van der Waals surface area (Å²) in [7, 11) is 4.09. The van der Waals surface area contributed by atoms with Crippen LogP contribution in [-0.2, 0) is 4.79 Å². The molecule has 0 saturated carbocycles. The molecule has 4 nitrogen and oxygen atoms in total. The summed E-state index contributed by atoms with van der Waals surface area (Å²) >= 11 is 0. The number of likely N-dealkylation sites (N-methyl/N-ethyl adjacent to an activating group) is 1. The maximum absolute atomic E-state index is 12.4. The highest BCUT2D eigenvalue weighted by Crippen LogP contribution is 2.27. The number of nitrogens with zero attached hydrogens (tertiary/aromatic N) is 2. The Morgan fingerprint density at radius 1 is 1.35 bits per heavy atom. The van der Waals surface area contributed by atoms with E-state index in [9.17, 15) is 4.79 Å². The Morgan fingerprint density at radius 3 is 2.60 bits per heavy atom. The third-order valence-electron chi connectivity index (χ3n) is 4.20. The van der Waals surface area contributed by atoms with Gasteiger partial charge >= 0.3 is 0 Å². The van der Waals surface area contributed by atoms with Gasteiger partial charge in [-0.1, -0.05) is 24.3 Å². The summed E-state index contributed by atoms with van der Waals surface area (Å²) in [5, 5.41) is 3.41. The maximum atomic E-state index is 12.4. The Balaban J connectivity index is 2.26. The average Bonchev–Trinajstić information content (AvgIpc) is 2.67. The first-order chi connectivity index (χ1) is 9.41. The van der Waals surface area contributed by atoms with E-state index in [4.69, 9.17) is 0 Å². The van der Waals surface area contributed by atoms with Crippen LogP contribution in [0.5, 0.6) is 0 Å². The molecule has 1 aliphatic heterocycles. The van der Waals surface area contributed by atoms with E-state index in [2.05, 4.69) is 36.2 Å². The molecule has 20 heavy (non-hydrogen) atoms. The van der Waals surface area contributed by atoms with E-state index in [-0.39, 0.29) is 18.1 Å². The Labute approximate surface area is 121 Å². The van der Waals surface area contributed by atoms with Gasteiger partial charge in [0.25, 0.3) is 0 Å². The molecule has 110 valence electrons. The lowest BCUT2D eigenvalue weighted by Gasteiger charge is -2.30. The second-order valence-electron chi connectivity index (χ2n) is 5.95. The topological polar surface area (TPSA) is 35.6 Å². The number of amides is 1. The van der Waals surface area contributed by atoms with Gasteiger partial charge in [-0.2, -0.15) is 0 Å². The molecule has 1 aliphatic rings. The predicted molar refractivity (Wildman–Crippen MR) is 81.4 cm³/mol. The fraction of sp³-hybridized carbons (Fsp3) is 0.562. The zero-order valence-electron chi connectivity index (χ0n) is 13.1. The third kappa shape index (κ3) is 2.86. The van der Waals surface area contributed by atoms with E-state index in [1.807, 2.05) is 38.1 Å². The smallest absolute Gasteiger partial charge is 0.241 e. The van der Waals surface area contributed by atoms with Gasteiger partial charge in [0.1, 0.15) is 6.17 Å². The summed E-state index contributed by atoms with van der Waals surface area (Å²) in [4.78, 5) is 16.5. The van der Waals surface area contributed by atoms with Crippen molar-refractivity contribution < 1.29 is 4.79 Å². The van der Waals surface area contributed by atoms with Crippen LogP contribution in [0.3, 0.4) is 0 Å². The molecule has 2 rings (SSSR count). The Morgan fingerprint density at radius 2 is 2.00 bits per heavy atom. The summed E-state index contributed by atoms with van der Waals surface area (Å²) in [5.41, 5.74) is 2.41. The fourth-order valence-corrected chi connectivity index (χ4v) is 2.57. The molecule has 1 N–H and O–H groups in total. The second kappa shape index (κ2) is 5.94. The van der Waals surface area contributed by atoms with Crippen LogP contribution in [0.4, 0.5) is 0 Å². The predicted octanol–water partition coefficient (Wildman–Crippen LogP) is 1.76. The van der Waals surface area contributed by atoms with Gasteiger partial charge in [-0.3, -0.25) is 10.1 Å². The minimum Gasteiger partial charge on any atom is -0.320 e. The zero-order chi connectivity index (χ0) is 14.9. The molecule has 0 bridgehead atoms. The van der Waals surface area contributed by atoms with Crippen molar-refractivity contribution in [3.05, 3.63) is 35.4 Å². The first-order valence-electron chi connectivity index (χ1n) is 7.20. The van der Waals surface area contributed by atoms with Gasteiger partial charge in [-0.15, -0.1) is 0 Å². The monoisotopic (exact) mass is 275 g/mol. The first kappa shape index (κ1) is 15.0. The Hall–Kier alpha value is -1.39. The highest BCUT2D eigenvalue weighted by molar-refractivity contribution is 5.84. The van der Waals surface area contributed by atoms with E-state index in [1.54, 1.807) is 0 Å². The number of carbonyl (C=O) groups is 1. The van der Waals surface area contributed by atoms with Gasteiger partial charge < -0.3 is 9.80 Å². The quantitative estimate of drug-likeness (QED) is 0.909. The van der Waals surface area contributed by atoms with Crippen molar-refractivity contribution in [3.63, 3.8) is 0 Å². The van der Waals surface area contributed by atoms with Crippen molar-refractivity contribution in [1.29, 1.82) is 0 Å². The van der Waals surface area contributed by atoms with Crippen LogP contribution in [0.2, 0.25) is 0 Å². The van der Waals surface area contributed by atoms with Crippen molar-refractivity contribution in [2.75, 3.05) is 20.6 Å². The molecule has 3 unspecified atom stereocenters. The second-order valence-corrected chi connectivity index (χ2v) is 5.95. The van der Waals surface area contributed by atoms with Crippen LogP contribution < -0.4 is 5.32 Å². The van der Waals surface area contributed by atoms with E-state index in [0.29, 0.717) is 6.04 Å².